The molecule has 21 heavy (non-hydrogen) atoms. The summed E-state index contributed by atoms with van der Waals surface area (Å²) in [5.41, 5.74) is 0.696. The van der Waals surface area contributed by atoms with Crippen LogP contribution in [-0.4, -0.2) is 40.4 Å². The second kappa shape index (κ2) is 7.40. The Balaban J connectivity index is 2.02. The van der Waals surface area contributed by atoms with Gasteiger partial charge >= 0.3 is 0 Å². The summed E-state index contributed by atoms with van der Waals surface area (Å²) >= 11 is 3.40. The van der Waals surface area contributed by atoms with E-state index in [-0.39, 0.29) is 17.6 Å². The first kappa shape index (κ1) is 16.5. The fraction of sp³-hybridized carbons (Fsp3) is 0.733. The van der Waals surface area contributed by atoms with Gasteiger partial charge in [0, 0.05) is 12.6 Å². The van der Waals surface area contributed by atoms with Gasteiger partial charge in [0.25, 0.3) is 5.56 Å². The summed E-state index contributed by atoms with van der Waals surface area (Å²) < 4.78 is 2.06. The fourth-order valence-corrected chi connectivity index (χ4v) is 3.15. The molecule has 1 aromatic rings. The average molecular weight is 357 g/mol. The number of anilines is 1. The van der Waals surface area contributed by atoms with Gasteiger partial charge in [-0.25, -0.2) is 4.68 Å². The minimum absolute atomic E-state index is 0.0635. The molecule has 2 heterocycles. The predicted molar refractivity (Wildman–Crippen MR) is 90.0 cm³/mol. The smallest absolute Gasteiger partial charge is 0.283 e. The van der Waals surface area contributed by atoms with Crippen molar-refractivity contribution in [1.29, 1.82) is 0 Å². The Morgan fingerprint density at radius 1 is 1.29 bits per heavy atom. The van der Waals surface area contributed by atoms with Gasteiger partial charge < -0.3 is 10.2 Å². The van der Waals surface area contributed by atoms with Crippen molar-refractivity contribution in [1.82, 2.24) is 14.7 Å². The van der Waals surface area contributed by atoms with Gasteiger partial charge in [-0.05, 0) is 62.6 Å². The molecule has 1 aromatic heterocycles. The van der Waals surface area contributed by atoms with Crippen LogP contribution in [0.3, 0.4) is 0 Å². The summed E-state index contributed by atoms with van der Waals surface area (Å²) in [5, 5.41) is 7.64. The highest BCUT2D eigenvalue weighted by atomic mass is 79.9. The molecule has 0 aliphatic carbocycles. The third-order valence-corrected chi connectivity index (χ3v) is 4.58. The molecule has 1 atom stereocenters. The van der Waals surface area contributed by atoms with Crippen LogP contribution < -0.4 is 10.9 Å². The summed E-state index contributed by atoms with van der Waals surface area (Å²) in [5.74, 6) is 0. The zero-order valence-electron chi connectivity index (χ0n) is 13.1. The lowest BCUT2D eigenvalue weighted by atomic mass is 10.1. The number of hydrogen-bond acceptors (Lipinski definition) is 4. The molecule has 1 saturated heterocycles. The summed E-state index contributed by atoms with van der Waals surface area (Å²) in [4.78, 5) is 14.7. The predicted octanol–water partition coefficient (Wildman–Crippen LogP) is 2.87. The molecular formula is C15H25BrN4O. The minimum Gasteiger partial charge on any atom is -0.379 e. The maximum Gasteiger partial charge on any atom is 0.283 e. The van der Waals surface area contributed by atoms with Crippen molar-refractivity contribution in [2.75, 3.05) is 25.0 Å². The van der Waals surface area contributed by atoms with Crippen molar-refractivity contribution in [3.63, 3.8) is 0 Å². The Hall–Kier alpha value is -0.880. The van der Waals surface area contributed by atoms with Gasteiger partial charge in [-0.3, -0.25) is 4.79 Å². The van der Waals surface area contributed by atoms with Crippen molar-refractivity contribution in [2.24, 2.45) is 0 Å². The number of hydrogen-bond donors (Lipinski definition) is 1. The molecule has 0 saturated carbocycles. The second-order valence-electron chi connectivity index (χ2n) is 6.12. The maximum atomic E-state index is 12.2. The summed E-state index contributed by atoms with van der Waals surface area (Å²) in [6, 6.07) is 0.351. The number of piperidine rings is 1. The van der Waals surface area contributed by atoms with Crippen LogP contribution >= 0.6 is 15.9 Å². The minimum atomic E-state index is -0.0832. The van der Waals surface area contributed by atoms with Crippen molar-refractivity contribution < 1.29 is 0 Å². The third kappa shape index (κ3) is 4.30. The van der Waals surface area contributed by atoms with E-state index in [2.05, 4.69) is 38.2 Å². The van der Waals surface area contributed by atoms with E-state index in [1.54, 1.807) is 6.20 Å². The van der Waals surface area contributed by atoms with E-state index < -0.39 is 0 Å². The van der Waals surface area contributed by atoms with Gasteiger partial charge in [0.05, 0.1) is 17.9 Å². The van der Waals surface area contributed by atoms with E-state index in [4.69, 9.17) is 0 Å². The molecule has 1 aliphatic rings. The lowest BCUT2D eigenvalue weighted by Gasteiger charge is -2.29. The van der Waals surface area contributed by atoms with Gasteiger partial charge in [0.15, 0.2) is 0 Å². The number of halogens is 1. The highest BCUT2D eigenvalue weighted by molar-refractivity contribution is 9.10. The quantitative estimate of drug-likeness (QED) is 0.881. The Kier molecular flexibility index (Phi) is 5.81. The second-order valence-corrected chi connectivity index (χ2v) is 6.92. The number of likely N-dealkylation sites (tertiary alicyclic amines) is 1. The van der Waals surface area contributed by atoms with Crippen LogP contribution in [-0.2, 0) is 0 Å². The highest BCUT2D eigenvalue weighted by Gasteiger charge is 2.16. The van der Waals surface area contributed by atoms with E-state index in [0.717, 1.165) is 12.2 Å². The Labute approximate surface area is 134 Å². The Bertz CT molecular complexity index is 523. The number of nitrogens with one attached hydrogen (secondary N) is 1. The van der Waals surface area contributed by atoms with Crippen LogP contribution in [0.25, 0.3) is 0 Å². The van der Waals surface area contributed by atoms with Crippen LogP contribution in [0.15, 0.2) is 15.5 Å². The van der Waals surface area contributed by atoms with E-state index in [1.165, 1.54) is 37.0 Å². The molecule has 118 valence electrons. The lowest BCUT2D eigenvalue weighted by Crippen LogP contribution is -2.38. The van der Waals surface area contributed by atoms with Gasteiger partial charge in [0.2, 0.25) is 0 Å². The van der Waals surface area contributed by atoms with Crippen molar-refractivity contribution in [3.8, 4) is 0 Å². The van der Waals surface area contributed by atoms with Crippen molar-refractivity contribution in [2.45, 2.75) is 52.1 Å². The molecule has 0 radical (unpaired) electrons. The fourth-order valence-electron chi connectivity index (χ4n) is 2.75. The Morgan fingerprint density at radius 2 is 1.95 bits per heavy atom. The van der Waals surface area contributed by atoms with E-state index in [9.17, 15) is 4.79 Å². The molecule has 6 heteroatoms. The molecule has 1 aliphatic heterocycles. The molecule has 0 spiro atoms. The Morgan fingerprint density at radius 3 is 2.57 bits per heavy atom. The first-order valence-electron chi connectivity index (χ1n) is 7.75. The van der Waals surface area contributed by atoms with Crippen LogP contribution in [0.4, 0.5) is 5.69 Å². The normalized spacial score (nSPS) is 18.0. The molecule has 0 amide bonds. The SMILES string of the molecule is CC(CN1CCCCC1)Nc1cnn(C(C)C)c(=O)c1Br. The molecule has 1 N–H and O–H groups in total. The average Bonchev–Trinajstić information content (AvgIpc) is 2.44. The largest absolute Gasteiger partial charge is 0.379 e. The van der Waals surface area contributed by atoms with E-state index >= 15 is 0 Å². The summed E-state index contributed by atoms with van der Waals surface area (Å²) in [6.45, 7) is 9.41. The van der Waals surface area contributed by atoms with Crippen LogP contribution in [0.5, 0.6) is 0 Å². The number of nitrogens with zero attached hydrogens (tertiary/aromatic N) is 3. The highest BCUT2D eigenvalue weighted by Crippen LogP contribution is 2.19. The maximum absolute atomic E-state index is 12.2. The van der Waals surface area contributed by atoms with Gasteiger partial charge in [-0.1, -0.05) is 6.42 Å². The zero-order chi connectivity index (χ0) is 15.4. The number of rotatable bonds is 5. The molecule has 1 fully saturated rings. The summed E-state index contributed by atoms with van der Waals surface area (Å²) in [7, 11) is 0. The summed E-state index contributed by atoms with van der Waals surface area (Å²) in [6.07, 6.45) is 5.67. The monoisotopic (exact) mass is 356 g/mol. The van der Waals surface area contributed by atoms with Gasteiger partial charge in [-0.2, -0.15) is 5.10 Å². The van der Waals surface area contributed by atoms with Gasteiger partial charge in [0.1, 0.15) is 4.47 Å². The standard InChI is InChI=1S/C15H25BrN4O/c1-11(2)20-15(21)14(16)13(9-17-20)18-12(3)10-19-7-5-4-6-8-19/h9,11-12,18H,4-8,10H2,1-3H3. The van der Waals surface area contributed by atoms with Crippen LogP contribution in [0.1, 0.15) is 46.1 Å². The van der Waals surface area contributed by atoms with Crippen LogP contribution in [0, 0.1) is 0 Å². The van der Waals surface area contributed by atoms with Crippen molar-refractivity contribution in [3.05, 3.63) is 21.0 Å². The molecule has 0 aromatic carbocycles. The lowest BCUT2D eigenvalue weighted by molar-refractivity contribution is 0.223. The van der Waals surface area contributed by atoms with Crippen molar-refractivity contribution >= 4 is 21.6 Å². The van der Waals surface area contributed by atoms with E-state index in [1.807, 2.05) is 13.8 Å². The molecule has 5 nitrogen and oxygen atoms in total. The molecular weight excluding hydrogens is 332 g/mol. The zero-order valence-corrected chi connectivity index (χ0v) is 14.7. The first-order valence-corrected chi connectivity index (χ1v) is 8.54. The first-order chi connectivity index (χ1) is 9.99. The van der Waals surface area contributed by atoms with Crippen LogP contribution in [0.2, 0.25) is 0 Å². The topological polar surface area (TPSA) is 50.2 Å². The number of aromatic nitrogens is 2. The van der Waals surface area contributed by atoms with E-state index in [0.29, 0.717) is 4.47 Å². The molecule has 1 unspecified atom stereocenters. The van der Waals surface area contributed by atoms with Gasteiger partial charge in [-0.15, -0.1) is 0 Å². The third-order valence-electron chi connectivity index (χ3n) is 3.82. The molecule has 2 rings (SSSR count). The molecule has 0 bridgehead atoms.